The van der Waals surface area contributed by atoms with Crippen molar-refractivity contribution in [1.29, 1.82) is 0 Å². The van der Waals surface area contributed by atoms with E-state index in [4.69, 9.17) is 9.73 Å². The number of carbonyl (C=O) groups excluding carboxylic acids is 1. The van der Waals surface area contributed by atoms with Gasteiger partial charge < -0.3 is 25.2 Å². The number of morpholine rings is 1. The molecule has 9 heteroatoms. The molecule has 0 aliphatic carbocycles. The van der Waals surface area contributed by atoms with Gasteiger partial charge in [0.25, 0.3) is 0 Å². The summed E-state index contributed by atoms with van der Waals surface area (Å²) in [7, 11) is 0. The van der Waals surface area contributed by atoms with Crippen LogP contribution in [-0.4, -0.2) is 61.8 Å². The van der Waals surface area contributed by atoms with Crippen LogP contribution in [0.25, 0.3) is 0 Å². The molecular weight excluding hydrogens is 531 g/mol. The summed E-state index contributed by atoms with van der Waals surface area (Å²) in [6.45, 7) is 8.48. The number of guanidine groups is 1. The average Bonchev–Trinajstić information content (AvgIpc) is 3.18. The Labute approximate surface area is 212 Å². The fraction of sp³-hybridized carbons (Fsp3) is 0.458. The molecule has 178 valence electrons. The van der Waals surface area contributed by atoms with Gasteiger partial charge in [-0.25, -0.2) is 9.98 Å². The quantitative estimate of drug-likeness (QED) is 0.319. The van der Waals surface area contributed by atoms with Gasteiger partial charge in [0.05, 0.1) is 25.3 Å². The highest BCUT2D eigenvalue weighted by molar-refractivity contribution is 14.0. The Kier molecular flexibility index (Phi) is 9.30. The number of nitrogens with one attached hydrogen (secondary N) is 2. The molecule has 1 amide bonds. The first-order valence-electron chi connectivity index (χ1n) is 11.3. The minimum atomic E-state index is 0. The maximum absolute atomic E-state index is 12.5. The zero-order valence-electron chi connectivity index (χ0n) is 19.2. The molecule has 33 heavy (non-hydrogen) atoms. The van der Waals surface area contributed by atoms with Crippen molar-refractivity contribution in [2.75, 3.05) is 42.6 Å². The smallest absolute Gasteiger partial charge is 0.229 e. The molecule has 4 rings (SSSR count). The number of para-hydroxylation sites is 1. The summed E-state index contributed by atoms with van der Waals surface area (Å²) in [6.07, 6.45) is 2.57. The number of rotatable bonds is 6. The summed E-state index contributed by atoms with van der Waals surface area (Å²) >= 11 is 0. The molecule has 0 radical (unpaired) electrons. The summed E-state index contributed by atoms with van der Waals surface area (Å²) < 4.78 is 5.61. The molecule has 3 heterocycles. The monoisotopic (exact) mass is 564 g/mol. The van der Waals surface area contributed by atoms with E-state index >= 15 is 0 Å². The average molecular weight is 564 g/mol. The Morgan fingerprint density at radius 2 is 2.03 bits per heavy atom. The molecule has 8 nitrogen and oxygen atoms in total. The Balaban J connectivity index is 0.00000306. The van der Waals surface area contributed by atoms with Gasteiger partial charge in [-0.2, -0.15) is 0 Å². The summed E-state index contributed by atoms with van der Waals surface area (Å²) in [4.78, 5) is 25.9. The molecule has 2 aliphatic rings. The van der Waals surface area contributed by atoms with E-state index in [1.54, 1.807) is 0 Å². The van der Waals surface area contributed by atoms with Crippen LogP contribution in [0.3, 0.4) is 0 Å². The lowest BCUT2D eigenvalue weighted by Gasteiger charge is -2.32. The Bertz CT molecular complexity index is 924. The van der Waals surface area contributed by atoms with Crippen molar-refractivity contribution in [3.63, 3.8) is 0 Å². The fourth-order valence-electron chi connectivity index (χ4n) is 4.07. The zero-order valence-corrected chi connectivity index (χ0v) is 21.6. The number of aliphatic imine (C=N–C) groups is 1. The van der Waals surface area contributed by atoms with Crippen LogP contribution in [0.5, 0.6) is 0 Å². The van der Waals surface area contributed by atoms with Crippen molar-refractivity contribution < 1.29 is 9.53 Å². The molecule has 1 aromatic carbocycles. The van der Waals surface area contributed by atoms with E-state index in [1.165, 1.54) is 0 Å². The standard InChI is InChI=1S/C24H32N6O2.HI/c1-3-25-24(28-20-13-23(31)30(17-20)21-7-5-4-6-8-21)27-15-19-9-10-22(26-14-19)29-11-12-32-18(2)16-29;/h4-10,14,18,20H,3,11-13,15-17H2,1-2H3,(H2,25,27,28);1H. The van der Waals surface area contributed by atoms with Crippen LogP contribution in [0.2, 0.25) is 0 Å². The number of halogens is 1. The Morgan fingerprint density at radius 3 is 2.73 bits per heavy atom. The lowest BCUT2D eigenvalue weighted by atomic mass is 10.2. The number of pyridine rings is 1. The maximum atomic E-state index is 12.5. The molecule has 2 atom stereocenters. The summed E-state index contributed by atoms with van der Waals surface area (Å²) in [5.74, 6) is 1.82. The second-order valence-electron chi connectivity index (χ2n) is 8.23. The van der Waals surface area contributed by atoms with Gasteiger partial charge in [0.2, 0.25) is 5.91 Å². The van der Waals surface area contributed by atoms with Crippen LogP contribution in [0, 0.1) is 0 Å². The first-order valence-corrected chi connectivity index (χ1v) is 11.3. The van der Waals surface area contributed by atoms with Crippen LogP contribution < -0.4 is 20.4 Å². The van der Waals surface area contributed by atoms with E-state index in [-0.39, 0.29) is 42.0 Å². The summed E-state index contributed by atoms with van der Waals surface area (Å²) in [5, 5.41) is 6.70. The number of carbonyl (C=O) groups is 1. The van der Waals surface area contributed by atoms with E-state index in [1.807, 2.05) is 48.4 Å². The van der Waals surface area contributed by atoms with Crippen molar-refractivity contribution in [1.82, 2.24) is 15.6 Å². The molecule has 2 fully saturated rings. The van der Waals surface area contributed by atoms with Crippen molar-refractivity contribution in [2.24, 2.45) is 4.99 Å². The molecule has 0 saturated carbocycles. The van der Waals surface area contributed by atoms with Gasteiger partial charge in [-0.3, -0.25) is 4.79 Å². The topological polar surface area (TPSA) is 82.1 Å². The lowest BCUT2D eigenvalue weighted by Crippen LogP contribution is -2.44. The first-order chi connectivity index (χ1) is 15.6. The van der Waals surface area contributed by atoms with Crippen LogP contribution in [0.15, 0.2) is 53.7 Å². The number of nitrogens with zero attached hydrogens (tertiary/aromatic N) is 4. The molecule has 2 aromatic rings. The molecule has 0 bridgehead atoms. The lowest BCUT2D eigenvalue weighted by molar-refractivity contribution is -0.117. The van der Waals surface area contributed by atoms with Crippen molar-refractivity contribution in [3.05, 3.63) is 54.2 Å². The minimum absolute atomic E-state index is 0. The third-order valence-corrected chi connectivity index (χ3v) is 5.67. The largest absolute Gasteiger partial charge is 0.375 e. The highest BCUT2D eigenvalue weighted by Crippen LogP contribution is 2.21. The van der Waals surface area contributed by atoms with Gasteiger partial charge in [-0.05, 0) is 37.6 Å². The maximum Gasteiger partial charge on any atom is 0.229 e. The predicted molar refractivity (Wildman–Crippen MR) is 142 cm³/mol. The molecule has 2 unspecified atom stereocenters. The van der Waals surface area contributed by atoms with Crippen LogP contribution in [-0.2, 0) is 16.1 Å². The minimum Gasteiger partial charge on any atom is -0.375 e. The zero-order chi connectivity index (χ0) is 22.3. The number of anilines is 2. The number of ether oxygens (including phenoxy) is 1. The first kappa shape index (κ1) is 25.2. The fourth-order valence-corrected chi connectivity index (χ4v) is 4.07. The van der Waals surface area contributed by atoms with Crippen molar-refractivity contribution >= 4 is 47.3 Å². The number of amides is 1. The summed E-state index contributed by atoms with van der Waals surface area (Å²) in [5.41, 5.74) is 1.98. The van der Waals surface area contributed by atoms with E-state index in [9.17, 15) is 4.79 Å². The van der Waals surface area contributed by atoms with Gasteiger partial charge in [0.1, 0.15) is 5.82 Å². The predicted octanol–water partition coefficient (Wildman–Crippen LogP) is 2.79. The van der Waals surface area contributed by atoms with Crippen molar-refractivity contribution in [3.8, 4) is 0 Å². The second kappa shape index (κ2) is 12.2. The molecule has 1 aromatic heterocycles. The summed E-state index contributed by atoms with van der Waals surface area (Å²) in [6, 6.07) is 13.9. The SMILES string of the molecule is CCNC(=NCc1ccc(N2CCOC(C)C2)nc1)NC1CC(=O)N(c2ccccc2)C1.I. The Hall–Kier alpha value is -2.40. The van der Waals surface area contributed by atoms with E-state index in [0.717, 1.165) is 43.3 Å². The molecular formula is C24H33IN6O2. The highest BCUT2D eigenvalue weighted by atomic mass is 127. The van der Waals surface area contributed by atoms with Gasteiger partial charge >= 0.3 is 0 Å². The van der Waals surface area contributed by atoms with Gasteiger partial charge in [-0.1, -0.05) is 24.3 Å². The number of aromatic nitrogens is 1. The van der Waals surface area contributed by atoms with E-state index < -0.39 is 0 Å². The van der Waals surface area contributed by atoms with Crippen molar-refractivity contribution in [2.45, 2.75) is 39.0 Å². The van der Waals surface area contributed by atoms with Gasteiger partial charge in [-0.15, -0.1) is 24.0 Å². The number of benzene rings is 1. The molecule has 2 saturated heterocycles. The molecule has 2 N–H and O–H groups in total. The van der Waals surface area contributed by atoms with Crippen LogP contribution in [0.4, 0.5) is 11.5 Å². The van der Waals surface area contributed by atoms with E-state index in [0.29, 0.717) is 25.5 Å². The second-order valence-corrected chi connectivity index (χ2v) is 8.23. The van der Waals surface area contributed by atoms with Gasteiger partial charge in [0, 0.05) is 44.5 Å². The van der Waals surface area contributed by atoms with Crippen LogP contribution in [0.1, 0.15) is 25.8 Å². The van der Waals surface area contributed by atoms with E-state index in [2.05, 4.69) is 39.6 Å². The van der Waals surface area contributed by atoms with Gasteiger partial charge in [0.15, 0.2) is 5.96 Å². The third-order valence-electron chi connectivity index (χ3n) is 5.67. The molecule has 0 spiro atoms. The van der Waals surface area contributed by atoms with Crippen LogP contribution >= 0.6 is 24.0 Å². The molecule has 2 aliphatic heterocycles. The third kappa shape index (κ3) is 6.80. The number of hydrogen-bond donors (Lipinski definition) is 2. The highest BCUT2D eigenvalue weighted by Gasteiger charge is 2.31. The normalized spacial score (nSPS) is 21.0. The number of hydrogen-bond acceptors (Lipinski definition) is 5. The Morgan fingerprint density at radius 1 is 1.21 bits per heavy atom.